The summed E-state index contributed by atoms with van der Waals surface area (Å²) in [5, 5.41) is 10.2. The molecule has 3 saturated carbocycles. The molecule has 4 aliphatic rings. The van der Waals surface area contributed by atoms with E-state index in [1.807, 2.05) is 0 Å². The molecule has 0 aromatic rings. The Bertz CT molecular complexity index is 674. The Morgan fingerprint density at radius 3 is 2.50 bits per heavy atom. The van der Waals surface area contributed by atoms with Gasteiger partial charge >= 0.3 is 0 Å². The summed E-state index contributed by atoms with van der Waals surface area (Å²) in [4.78, 5) is 0. The van der Waals surface area contributed by atoms with Crippen LogP contribution in [0.5, 0.6) is 0 Å². The van der Waals surface area contributed by atoms with Crippen LogP contribution in [0.25, 0.3) is 0 Å². The maximum atomic E-state index is 10.2. The third kappa shape index (κ3) is 3.66. The molecule has 4 aliphatic carbocycles. The molecule has 0 unspecified atom stereocenters. The van der Waals surface area contributed by atoms with Crippen LogP contribution >= 0.6 is 0 Å². The van der Waals surface area contributed by atoms with Gasteiger partial charge in [0.15, 0.2) is 0 Å². The summed E-state index contributed by atoms with van der Waals surface area (Å²) in [6.07, 6.45) is 19.1. The van der Waals surface area contributed by atoms with Crippen LogP contribution in [-0.2, 0) is 0 Å². The molecule has 0 amide bonds. The van der Waals surface area contributed by atoms with Crippen LogP contribution < -0.4 is 0 Å². The van der Waals surface area contributed by atoms with Gasteiger partial charge in [-0.2, -0.15) is 0 Å². The molecule has 0 radical (unpaired) electrons. The van der Waals surface area contributed by atoms with Crippen LogP contribution in [0.15, 0.2) is 23.8 Å². The van der Waals surface area contributed by atoms with E-state index >= 15 is 0 Å². The molecule has 0 spiro atoms. The van der Waals surface area contributed by atoms with E-state index in [0.29, 0.717) is 16.7 Å². The van der Waals surface area contributed by atoms with Crippen molar-refractivity contribution in [2.24, 2.45) is 52.3 Å². The van der Waals surface area contributed by atoms with Gasteiger partial charge in [0, 0.05) is 0 Å². The Hall–Kier alpha value is -0.560. The summed E-state index contributed by atoms with van der Waals surface area (Å²) in [5.74, 6) is 5.70. The molecule has 4 rings (SSSR count). The fraction of sp³-hybridized carbons (Fsp3) is 0.862. The standard InChI is InChI=1S/C29H48O/c1-7-21(19(2)3)9-8-20(4)25-12-13-26-24-11-10-22-18-23(30)14-16-28(22,5)27(24)15-17-29(25,26)6/h8-10,19-21,23-27,30H,7,11-18H2,1-6H3/b9-8+/t20-,21+,23-,24+,25-,26-,27+,28-,29+/m0/s1. The van der Waals surface area contributed by atoms with E-state index in [2.05, 4.69) is 59.8 Å². The maximum absolute atomic E-state index is 10.2. The van der Waals surface area contributed by atoms with E-state index in [1.54, 1.807) is 5.57 Å². The summed E-state index contributed by atoms with van der Waals surface area (Å²) in [6, 6.07) is 0. The van der Waals surface area contributed by atoms with Crippen LogP contribution in [0, 0.1) is 52.3 Å². The van der Waals surface area contributed by atoms with Crippen LogP contribution in [-0.4, -0.2) is 11.2 Å². The van der Waals surface area contributed by atoms with Gasteiger partial charge in [0.1, 0.15) is 0 Å². The molecule has 0 aliphatic heterocycles. The fourth-order valence-corrected chi connectivity index (χ4v) is 8.83. The summed E-state index contributed by atoms with van der Waals surface area (Å²) < 4.78 is 0. The van der Waals surface area contributed by atoms with Crippen LogP contribution in [0.3, 0.4) is 0 Å². The number of rotatable bonds is 5. The molecule has 30 heavy (non-hydrogen) atoms. The molecule has 0 aromatic carbocycles. The molecular weight excluding hydrogens is 364 g/mol. The van der Waals surface area contributed by atoms with Crippen molar-refractivity contribution in [3.05, 3.63) is 23.8 Å². The maximum Gasteiger partial charge on any atom is 0.0577 e. The lowest BCUT2D eigenvalue weighted by molar-refractivity contribution is -0.0540. The molecular formula is C29H48O. The quantitative estimate of drug-likeness (QED) is 0.457. The Balaban J connectivity index is 1.52. The second-order valence-electron chi connectivity index (χ2n) is 12.4. The van der Waals surface area contributed by atoms with Crippen molar-refractivity contribution < 1.29 is 5.11 Å². The highest BCUT2D eigenvalue weighted by atomic mass is 16.3. The number of aliphatic hydroxyl groups excluding tert-OH is 1. The van der Waals surface area contributed by atoms with Crippen molar-refractivity contribution in [1.29, 1.82) is 0 Å². The topological polar surface area (TPSA) is 20.2 Å². The molecule has 3 fully saturated rings. The van der Waals surface area contributed by atoms with E-state index in [1.165, 1.54) is 44.9 Å². The first-order valence-electron chi connectivity index (χ1n) is 13.3. The van der Waals surface area contributed by atoms with Gasteiger partial charge in [-0.15, -0.1) is 0 Å². The Labute approximate surface area is 186 Å². The van der Waals surface area contributed by atoms with Crippen molar-refractivity contribution in [3.63, 3.8) is 0 Å². The monoisotopic (exact) mass is 412 g/mol. The Kier molecular flexibility index (Phi) is 6.35. The number of aliphatic hydroxyl groups is 1. The average molecular weight is 413 g/mol. The zero-order valence-corrected chi connectivity index (χ0v) is 20.7. The fourth-order valence-electron chi connectivity index (χ4n) is 8.83. The zero-order valence-electron chi connectivity index (χ0n) is 20.7. The highest BCUT2D eigenvalue weighted by Gasteiger charge is 2.58. The minimum Gasteiger partial charge on any atom is -0.393 e. The lowest BCUT2D eigenvalue weighted by Gasteiger charge is -2.58. The van der Waals surface area contributed by atoms with E-state index in [4.69, 9.17) is 0 Å². The normalized spacial score (nSPS) is 45.6. The van der Waals surface area contributed by atoms with Crippen molar-refractivity contribution in [3.8, 4) is 0 Å². The van der Waals surface area contributed by atoms with E-state index < -0.39 is 0 Å². The second-order valence-corrected chi connectivity index (χ2v) is 12.4. The lowest BCUT2D eigenvalue weighted by atomic mass is 9.47. The number of hydrogen-bond acceptors (Lipinski definition) is 1. The summed E-state index contributed by atoms with van der Waals surface area (Å²) in [7, 11) is 0. The highest BCUT2D eigenvalue weighted by molar-refractivity contribution is 5.25. The van der Waals surface area contributed by atoms with Gasteiger partial charge in [-0.3, -0.25) is 0 Å². The zero-order chi connectivity index (χ0) is 21.7. The molecule has 1 nitrogen and oxygen atoms in total. The summed E-state index contributed by atoms with van der Waals surface area (Å²) in [6.45, 7) is 14.8. The van der Waals surface area contributed by atoms with Gasteiger partial charge in [-0.25, -0.2) is 0 Å². The minimum atomic E-state index is -0.0870. The molecule has 9 atom stereocenters. The highest BCUT2D eigenvalue weighted by Crippen LogP contribution is 2.67. The van der Waals surface area contributed by atoms with Gasteiger partial charge in [-0.1, -0.05) is 65.3 Å². The van der Waals surface area contributed by atoms with Gasteiger partial charge in [0.2, 0.25) is 0 Å². The van der Waals surface area contributed by atoms with Gasteiger partial charge < -0.3 is 5.11 Å². The van der Waals surface area contributed by atoms with Crippen LogP contribution in [0.4, 0.5) is 0 Å². The largest absolute Gasteiger partial charge is 0.393 e. The second kappa shape index (κ2) is 8.42. The minimum absolute atomic E-state index is 0.0870. The lowest BCUT2D eigenvalue weighted by Crippen LogP contribution is -2.50. The Morgan fingerprint density at radius 1 is 1.03 bits per heavy atom. The molecule has 0 heterocycles. The van der Waals surface area contributed by atoms with Crippen molar-refractivity contribution in [1.82, 2.24) is 0 Å². The third-order valence-corrected chi connectivity index (χ3v) is 10.8. The van der Waals surface area contributed by atoms with Crippen molar-refractivity contribution in [2.75, 3.05) is 0 Å². The predicted molar refractivity (Wildman–Crippen MR) is 128 cm³/mol. The molecule has 1 heteroatoms. The molecule has 0 bridgehead atoms. The summed E-state index contributed by atoms with van der Waals surface area (Å²) in [5.41, 5.74) is 2.51. The van der Waals surface area contributed by atoms with Crippen molar-refractivity contribution in [2.45, 2.75) is 105 Å². The number of fused-ring (bicyclic) bond motifs is 5. The molecule has 170 valence electrons. The van der Waals surface area contributed by atoms with Crippen molar-refractivity contribution >= 4 is 0 Å². The molecule has 1 N–H and O–H groups in total. The average Bonchev–Trinajstić information content (AvgIpc) is 3.06. The molecule has 0 aromatic heterocycles. The first-order chi connectivity index (χ1) is 14.2. The van der Waals surface area contributed by atoms with Gasteiger partial charge in [0.25, 0.3) is 0 Å². The summed E-state index contributed by atoms with van der Waals surface area (Å²) >= 11 is 0. The predicted octanol–water partition coefficient (Wildman–Crippen LogP) is 7.80. The van der Waals surface area contributed by atoms with Crippen LogP contribution in [0.2, 0.25) is 0 Å². The Morgan fingerprint density at radius 2 is 1.80 bits per heavy atom. The smallest absolute Gasteiger partial charge is 0.0577 e. The van der Waals surface area contributed by atoms with E-state index in [-0.39, 0.29) is 6.10 Å². The van der Waals surface area contributed by atoms with E-state index in [9.17, 15) is 5.11 Å². The number of hydrogen-bond donors (Lipinski definition) is 1. The first-order valence-corrected chi connectivity index (χ1v) is 13.3. The van der Waals surface area contributed by atoms with E-state index in [0.717, 1.165) is 48.3 Å². The first kappa shape index (κ1) is 22.6. The third-order valence-electron chi connectivity index (χ3n) is 10.8. The number of allylic oxidation sites excluding steroid dienone is 3. The van der Waals surface area contributed by atoms with Crippen LogP contribution in [0.1, 0.15) is 99.3 Å². The SMILES string of the molecule is CC[C@H](/C=C/[C@H](C)[C@@H]1CC[C@H]2[C@H]3CC=C4C[C@@H](O)CC[C@]4(C)[C@@H]3CC[C@@]21C)C(C)C. The van der Waals surface area contributed by atoms with Gasteiger partial charge in [-0.05, 0) is 110 Å². The van der Waals surface area contributed by atoms with Gasteiger partial charge in [0.05, 0.1) is 6.10 Å². The molecule has 0 saturated heterocycles.